The largest absolute Gasteiger partial charge is 0.434 e. The molecule has 1 aromatic heterocycles. The zero-order valence-electron chi connectivity index (χ0n) is 12.9. The van der Waals surface area contributed by atoms with Gasteiger partial charge in [-0.25, -0.2) is 13.8 Å². The molecule has 0 N–H and O–H groups in total. The molecule has 0 aromatic carbocycles. The molecular weight excluding hydrogens is 373 g/mol. The molecule has 0 fully saturated rings. The lowest BCUT2D eigenvalue weighted by molar-refractivity contribution is -0.141. The fraction of sp³-hybridized carbons (Fsp3) is 0.500. The summed E-state index contributed by atoms with van der Waals surface area (Å²) in [5, 5.41) is -2.15. The summed E-state index contributed by atoms with van der Waals surface area (Å²) in [5.41, 5.74) is -4.98. The van der Waals surface area contributed by atoms with Crippen molar-refractivity contribution in [3.63, 3.8) is 0 Å². The lowest BCUT2D eigenvalue weighted by atomic mass is 9.92. The lowest BCUT2D eigenvalue weighted by Crippen LogP contribution is -2.22. The van der Waals surface area contributed by atoms with Gasteiger partial charge in [0, 0.05) is 0 Å². The second kappa shape index (κ2) is 7.81. The Morgan fingerprint density at radius 3 is 2.08 bits per heavy atom. The third-order valence-corrected chi connectivity index (χ3v) is 3.82. The van der Waals surface area contributed by atoms with E-state index in [1.165, 1.54) is 6.26 Å². The molecule has 0 saturated carbocycles. The number of rotatable bonds is 5. The number of pyridine rings is 1. The van der Waals surface area contributed by atoms with Crippen LogP contribution in [0.5, 0.6) is 0 Å². The topological polar surface area (TPSA) is 47.0 Å². The van der Waals surface area contributed by atoms with E-state index >= 15 is 0 Å². The molecule has 3 nitrogen and oxygen atoms in total. The summed E-state index contributed by atoms with van der Waals surface area (Å²) >= 11 is 3.98. The molecule has 0 aliphatic heterocycles. The molecule has 0 saturated heterocycles. The van der Waals surface area contributed by atoms with Crippen molar-refractivity contribution in [1.82, 2.24) is 4.98 Å². The number of carbonyl (C=O) groups is 2. The Kier molecular flexibility index (Phi) is 6.80. The third-order valence-electron chi connectivity index (χ3n) is 3.02. The molecule has 0 bridgehead atoms. The third kappa shape index (κ3) is 4.47. The highest BCUT2D eigenvalue weighted by atomic mass is 32.2. The minimum atomic E-state index is -5.13. The molecule has 1 rings (SSSR count). The van der Waals surface area contributed by atoms with Gasteiger partial charge in [0.2, 0.25) is 10.2 Å². The van der Waals surface area contributed by atoms with Crippen LogP contribution in [0.2, 0.25) is 0 Å². The van der Waals surface area contributed by atoms with Gasteiger partial charge in [-0.3, -0.25) is 9.59 Å². The van der Waals surface area contributed by atoms with E-state index in [1.807, 2.05) is 0 Å². The normalized spacial score (nSPS) is 12.1. The number of aromatic nitrogens is 1. The van der Waals surface area contributed by atoms with E-state index in [0.29, 0.717) is 11.8 Å². The van der Waals surface area contributed by atoms with E-state index in [1.54, 1.807) is 13.8 Å². The van der Waals surface area contributed by atoms with Gasteiger partial charge in [-0.15, -0.1) is 12.6 Å². The second-order valence-corrected chi connectivity index (χ2v) is 6.45. The van der Waals surface area contributed by atoms with Crippen LogP contribution in [0.25, 0.3) is 0 Å². The average molecular weight is 387 g/mol. The Hall–Kier alpha value is -1.16. The smallest absolute Gasteiger partial charge is 0.282 e. The summed E-state index contributed by atoms with van der Waals surface area (Å²) in [4.78, 5) is 26.6. The van der Waals surface area contributed by atoms with E-state index in [9.17, 15) is 31.5 Å². The number of nitrogens with zero attached hydrogens (tertiary/aromatic N) is 1. The zero-order chi connectivity index (χ0) is 18.8. The number of halogens is 5. The Morgan fingerprint density at radius 1 is 1.21 bits per heavy atom. The van der Waals surface area contributed by atoms with Crippen molar-refractivity contribution >= 4 is 34.6 Å². The summed E-state index contributed by atoms with van der Waals surface area (Å²) in [6, 6.07) is 0. The molecule has 0 unspecified atom stereocenters. The molecule has 1 heterocycles. The van der Waals surface area contributed by atoms with Gasteiger partial charge < -0.3 is 0 Å². The van der Waals surface area contributed by atoms with Gasteiger partial charge in [-0.2, -0.15) is 13.2 Å². The molecule has 1 aromatic rings. The van der Waals surface area contributed by atoms with Gasteiger partial charge in [-0.1, -0.05) is 25.6 Å². The predicted molar refractivity (Wildman–Crippen MR) is 83.9 cm³/mol. The van der Waals surface area contributed by atoms with Gasteiger partial charge in [-0.05, 0) is 24.2 Å². The highest BCUT2D eigenvalue weighted by molar-refractivity contribution is 8.13. The first-order chi connectivity index (χ1) is 10.9. The van der Waals surface area contributed by atoms with Crippen LogP contribution in [0.1, 0.15) is 57.9 Å². The first-order valence-corrected chi connectivity index (χ1v) is 8.32. The zero-order valence-corrected chi connectivity index (χ0v) is 14.6. The van der Waals surface area contributed by atoms with Crippen molar-refractivity contribution in [3.05, 3.63) is 28.1 Å². The van der Waals surface area contributed by atoms with Gasteiger partial charge >= 0.3 is 6.18 Å². The van der Waals surface area contributed by atoms with Crippen LogP contribution in [0, 0.1) is 5.92 Å². The molecular formula is C14H14F5NO2S2. The summed E-state index contributed by atoms with van der Waals surface area (Å²) in [6.45, 7) is 3.24. The molecule has 0 aliphatic carbocycles. The maximum Gasteiger partial charge on any atom is 0.434 e. The van der Waals surface area contributed by atoms with Crippen molar-refractivity contribution in [2.45, 2.75) is 32.9 Å². The predicted octanol–water partition coefficient (Wildman–Crippen LogP) is 4.81. The molecule has 10 heteroatoms. The van der Waals surface area contributed by atoms with Crippen molar-refractivity contribution in [2.75, 3.05) is 6.26 Å². The molecule has 0 radical (unpaired) electrons. The van der Waals surface area contributed by atoms with Gasteiger partial charge in [0.25, 0.3) is 6.43 Å². The van der Waals surface area contributed by atoms with E-state index in [2.05, 4.69) is 17.6 Å². The molecule has 0 atom stereocenters. The van der Waals surface area contributed by atoms with Gasteiger partial charge in [0.05, 0.1) is 11.1 Å². The maximum atomic E-state index is 13.2. The van der Waals surface area contributed by atoms with Crippen LogP contribution in [-0.4, -0.2) is 21.5 Å². The first-order valence-electron chi connectivity index (χ1n) is 6.65. The van der Waals surface area contributed by atoms with E-state index in [0.717, 1.165) is 0 Å². The van der Waals surface area contributed by atoms with Crippen molar-refractivity contribution in [2.24, 2.45) is 5.92 Å². The Morgan fingerprint density at radius 2 is 1.75 bits per heavy atom. The first kappa shape index (κ1) is 20.9. The number of alkyl halides is 5. The Balaban J connectivity index is 4.02. The SMILES string of the molecule is CSC(=O)c1c(C(F)F)nc(C(F)(F)F)c(C(=O)S)c1CC(C)C. The second-order valence-electron chi connectivity index (χ2n) is 5.27. The van der Waals surface area contributed by atoms with Crippen LogP contribution >= 0.6 is 24.4 Å². The molecule has 24 heavy (non-hydrogen) atoms. The number of carbonyl (C=O) groups excluding carboxylic acids is 2. The Labute approximate surface area is 144 Å². The highest BCUT2D eigenvalue weighted by Gasteiger charge is 2.41. The Bertz CT molecular complexity index is 660. The van der Waals surface area contributed by atoms with E-state index in [-0.39, 0.29) is 17.9 Å². The summed E-state index contributed by atoms with van der Waals surface area (Å²) in [5.74, 6) is -0.293. The summed E-state index contributed by atoms with van der Waals surface area (Å²) in [6.07, 6.45) is -7.40. The van der Waals surface area contributed by atoms with Crippen LogP contribution in [0.4, 0.5) is 22.0 Å². The number of thiol groups is 1. The van der Waals surface area contributed by atoms with Crippen LogP contribution in [-0.2, 0) is 12.6 Å². The van der Waals surface area contributed by atoms with Gasteiger partial charge in [0.1, 0.15) is 5.69 Å². The molecule has 0 aliphatic rings. The highest BCUT2D eigenvalue weighted by Crippen LogP contribution is 2.38. The number of hydrogen-bond acceptors (Lipinski definition) is 4. The molecule has 0 spiro atoms. The minimum absolute atomic E-state index is 0.172. The van der Waals surface area contributed by atoms with E-state index < -0.39 is 45.3 Å². The fourth-order valence-electron chi connectivity index (χ4n) is 2.19. The maximum absolute atomic E-state index is 13.2. The van der Waals surface area contributed by atoms with Crippen molar-refractivity contribution in [1.29, 1.82) is 0 Å². The monoisotopic (exact) mass is 387 g/mol. The standard InChI is InChI=1S/C14H14F5NO2S2/c1-5(2)4-6-7(13(22)24-3)9(11(15)16)20-10(14(17,18)19)8(6)12(21)23/h5,11H,4H2,1-3H3,(H,21,23). The van der Waals surface area contributed by atoms with Crippen LogP contribution in [0.15, 0.2) is 0 Å². The van der Waals surface area contributed by atoms with E-state index in [4.69, 9.17) is 0 Å². The average Bonchev–Trinajstić information content (AvgIpc) is 2.43. The fourth-order valence-corrected chi connectivity index (χ4v) is 2.86. The summed E-state index contributed by atoms with van der Waals surface area (Å²) < 4.78 is 66.1. The van der Waals surface area contributed by atoms with Crippen LogP contribution < -0.4 is 0 Å². The summed E-state index contributed by atoms with van der Waals surface area (Å²) in [7, 11) is 0. The van der Waals surface area contributed by atoms with Gasteiger partial charge in [0.15, 0.2) is 5.69 Å². The van der Waals surface area contributed by atoms with Crippen molar-refractivity contribution in [3.8, 4) is 0 Å². The number of thioether (sulfide) groups is 1. The quantitative estimate of drug-likeness (QED) is 0.582. The molecule has 0 amide bonds. The number of hydrogen-bond donors (Lipinski definition) is 1. The van der Waals surface area contributed by atoms with Crippen molar-refractivity contribution < 1.29 is 31.5 Å². The lowest BCUT2D eigenvalue weighted by Gasteiger charge is -2.21. The minimum Gasteiger partial charge on any atom is -0.282 e. The molecule has 134 valence electrons. The van der Waals surface area contributed by atoms with Crippen LogP contribution in [0.3, 0.4) is 0 Å².